The van der Waals surface area contributed by atoms with Gasteiger partial charge in [-0.1, -0.05) is 52.0 Å². The largest absolute Gasteiger partial charge is 0.309 e. The summed E-state index contributed by atoms with van der Waals surface area (Å²) in [7, 11) is 0. The molecule has 0 spiro atoms. The predicted molar refractivity (Wildman–Crippen MR) is 65.5 cm³/mol. The van der Waals surface area contributed by atoms with Gasteiger partial charge < -0.3 is 5.32 Å². The first kappa shape index (κ1) is 13.2. The van der Waals surface area contributed by atoms with E-state index in [2.05, 4.69) is 29.6 Å². The third-order valence-electron chi connectivity index (χ3n) is 1.95. The Labute approximate surface area is 88.6 Å². The first-order chi connectivity index (χ1) is 6.97. The highest BCUT2D eigenvalue weighted by Crippen LogP contribution is 2.15. The van der Waals surface area contributed by atoms with Gasteiger partial charge in [-0.05, 0) is 17.6 Å². The van der Waals surface area contributed by atoms with Crippen LogP contribution in [0.2, 0.25) is 0 Å². The molecule has 80 valence electrons. The van der Waals surface area contributed by atoms with Crippen molar-refractivity contribution >= 4 is 0 Å². The summed E-state index contributed by atoms with van der Waals surface area (Å²) >= 11 is 0. The molecule has 1 heteroatoms. The minimum atomic E-state index is 1.05. The molecule has 0 aromatic carbocycles. The fraction of sp³-hybridized carbons (Fsp3) is 0.538. The summed E-state index contributed by atoms with van der Waals surface area (Å²) in [6.45, 7) is 10.1. The minimum absolute atomic E-state index is 1.05. The molecular weight excluding hydrogens is 170 g/mol. The highest BCUT2D eigenvalue weighted by atomic mass is 14.9. The maximum atomic E-state index is 3.32. The van der Waals surface area contributed by atoms with Crippen LogP contribution in [-0.4, -0.2) is 13.1 Å². The second-order valence-electron chi connectivity index (χ2n) is 2.69. The van der Waals surface area contributed by atoms with Crippen LogP contribution in [0.5, 0.6) is 0 Å². The van der Waals surface area contributed by atoms with E-state index < -0.39 is 0 Å². The molecule has 0 aromatic rings. The smallest absolute Gasteiger partial charge is 0.0211 e. The molecule has 1 aliphatic heterocycles. The van der Waals surface area contributed by atoms with Crippen LogP contribution in [-0.2, 0) is 0 Å². The van der Waals surface area contributed by atoms with Gasteiger partial charge >= 0.3 is 0 Å². The van der Waals surface area contributed by atoms with Crippen molar-refractivity contribution in [2.24, 2.45) is 0 Å². The van der Waals surface area contributed by atoms with Gasteiger partial charge in [-0.25, -0.2) is 0 Å². The summed E-state index contributed by atoms with van der Waals surface area (Å²) in [5.74, 6) is 0. The lowest BCUT2D eigenvalue weighted by Crippen LogP contribution is -2.08. The highest BCUT2D eigenvalue weighted by Gasteiger charge is 2.08. The standard InChI is InChI=1S/C9H11N.2C2H6/c1-2-4-8-6-10-7-9(8)5-3-1;2*1-2/h2-5,10H,1,6-7H2;2*1-2H3. The van der Waals surface area contributed by atoms with Crippen molar-refractivity contribution in [3.63, 3.8) is 0 Å². The summed E-state index contributed by atoms with van der Waals surface area (Å²) in [4.78, 5) is 0. The molecule has 0 atom stereocenters. The second kappa shape index (κ2) is 8.76. The highest BCUT2D eigenvalue weighted by molar-refractivity contribution is 5.40. The summed E-state index contributed by atoms with van der Waals surface area (Å²) < 4.78 is 0. The van der Waals surface area contributed by atoms with Gasteiger partial charge in [-0.15, -0.1) is 0 Å². The first-order valence-electron chi connectivity index (χ1n) is 5.72. The van der Waals surface area contributed by atoms with Crippen molar-refractivity contribution in [3.8, 4) is 0 Å². The molecule has 1 heterocycles. The third kappa shape index (κ3) is 3.93. The molecule has 0 fully saturated rings. The van der Waals surface area contributed by atoms with Gasteiger partial charge in [0.15, 0.2) is 0 Å². The molecule has 1 aliphatic carbocycles. The molecule has 2 aliphatic rings. The Balaban J connectivity index is 0.000000379. The zero-order chi connectivity index (χ0) is 10.8. The summed E-state index contributed by atoms with van der Waals surface area (Å²) in [5, 5.41) is 3.32. The Hall–Kier alpha value is -0.820. The van der Waals surface area contributed by atoms with E-state index in [4.69, 9.17) is 0 Å². The van der Waals surface area contributed by atoms with Crippen LogP contribution < -0.4 is 5.32 Å². The maximum Gasteiger partial charge on any atom is 0.0211 e. The van der Waals surface area contributed by atoms with Gasteiger partial charge in [0.1, 0.15) is 0 Å². The monoisotopic (exact) mass is 193 g/mol. The number of nitrogens with one attached hydrogen (secondary N) is 1. The molecule has 0 saturated carbocycles. The van der Waals surface area contributed by atoms with Crippen molar-refractivity contribution in [2.75, 3.05) is 13.1 Å². The molecule has 0 saturated heterocycles. The van der Waals surface area contributed by atoms with Crippen molar-refractivity contribution in [1.82, 2.24) is 5.32 Å². The van der Waals surface area contributed by atoms with Crippen molar-refractivity contribution in [2.45, 2.75) is 34.1 Å². The van der Waals surface area contributed by atoms with Gasteiger partial charge in [0.05, 0.1) is 0 Å². The average molecular weight is 193 g/mol. The number of hydrogen-bond acceptors (Lipinski definition) is 1. The zero-order valence-electron chi connectivity index (χ0n) is 9.93. The fourth-order valence-corrected chi connectivity index (χ4v) is 1.39. The van der Waals surface area contributed by atoms with E-state index in [9.17, 15) is 0 Å². The van der Waals surface area contributed by atoms with Crippen LogP contribution in [0.3, 0.4) is 0 Å². The maximum absolute atomic E-state index is 3.32. The molecule has 14 heavy (non-hydrogen) atoms. The van der Waals surface area contributed by atoms with Crippen molar-refractivity contribution in [1.29, 1.82) is 0 Å². The van der Waals surface area contributed by atoms with E-state index in [1.54, 1.807) is 0 Å². The van der Waals surface area contributed by atoms with Gasteiger partial charge in [0, 0.05) is 13.1 Å². The molecular formula is C13H23N. The number of rotatable bonds is 0. The Kier molecular flexibility index (Phi) is 8.25. The molecule has 0 aromatic heterocycles. The SMILES string of the molecule is C1=CC2=C(C=CC1)CNC2.CC.CC. The average Bonchev–Trinajstić information content (AvgIpc) is 2.61. The topological polar surface area (TPSA) is 12.0 Å². The van der Waals surface area contributed by atoms with Gasteiger partial charge in [-0.2, -0.15) is 0 Å². The molecule has 0 amide bonds. The Morgan fingerprint density at radius 2 is 1.29 bits per heavy atom. The molecule has 0 unspecified atom stereocenters. The van der Waals surface area contributed by atoms with E-state index in [0.717, 1.165) is 19.5 Å². The summed E-state index contributed by atoms with van der Waals surface area (Å²) in [6, 6.07) is 0. The molecule has 2 rings (SSSR count). The molecule has 1 nitrogen and oxygen atoms in total. The van der Waals surface area contributed by atoms with Crippen LogP contribution in [0, 0.1) is 0 Å². The summed E-state index contributed by atoms with van der Waals surface area (Å²) in [6.07, 6.45) is 9.98. The van der Waals surface area contributed by atoms with Crippen molar-refractivity contribution < 1.29 is 0 Å². The predicted octanol–water partition coefficient (Wildman–Crippen LogP) is 3.45. The summed E-state index contributed by atoms with van der Waals surface area (Å²) in [5.41, 5.74) is 2.93. The van der Waals surface area contributed by atoms with Gasteiger partial charge in [0.25, 0.3) is 0 Å². The number of hydrogen-bond donors (Lipinski definition) is 1. The Morgan fingerprint density at radius 1 is 0.857 bits per heavy atom. The first-order valence-corrected chi connectivity index (χ1v) is 5.72. The quantitative estimate of drug-likeness (QED) is 0.621. The Morgan fingerprint density at radius 3 is 1.71 bits per heavy atom. The van der Waals surface area contributed by atoms with E-state index in [0.29, 0.717) is 0 Å². The lowest BCUT2D eigenvalue weighted by molar-refractivity contribution is 0.873. The van der Waals surface area contributed by atoms with E-state index >= 15 is 0 Å². The van der Waals surface area contributed by atoms with Crippen LogP contribution in [0.25, 0.3) is 0 Å². The van der Waals surface area contributed by atoms with Crippen LogP contribution in [0.4, 0.5) is 0 Å². The molecule has 0 bridgehead atoms. The van der Waals surface area contributed by atoms with Crippen LogP contribution in [0.1, 0.15) is 34.1 Å². The van der Waals surface area contributed by atoms with Gasteiger partial charge in [-0.3, -0.25) is 0 Å². The van der Waals surface area contributed by atoms with E-state index in [1.807, 2.05) is 27.7 Å². The van der Waals surface area contributed by atoms with E-state index in [1.165, 1.54) is 11.1 Å². The lowest BCUT2D eigenvalue weighted by atomic mass is 10.1. The molecule has 1 N–H and O–H groups in total. The zero-order valence-corrected chi connectivity index (χ0v) is 9.93. The van der Waals surface area contributed by atoms with Gasteiger partial charge in [0.2, 0.25) is 0 Å². The fourth-order valence-electron chi connectivity index (χ4n) is 1.39. The van der Waals surface area contributed by atoms with Crippen molar-refractivity contribution in [3.05, 3.63) is 35.5 Å². The second-order valence-corrected chi connectivity index (χ2v) is 2.69. The molecule has 0 radical (unpaired) electrons. The Bertz CT molecular complexity index is 199. The normalized spacial score (nSPS) is 17.4. The lowest BCUT2D eigenvalue weighted by Gasteiger charge is -1.90. The van der Waals surface area contributed by atoms with Crippen LogP contribution in [0.15, 0.2) is 35.5 Å². The minimum Gasteiger partial charge on any atom is -0.309 e. The third-order valence-corrected chi connectivity index (χ3v) is 1.95. The number of allylic oxidation sites excluding steroid dienone is 2. The van der Waals surface area contributed by atoms with Crippen LogP contribution >= 0.6 is 0 Å². The van der Waals surface area contributed by atoms with E-state index in [-0.39, 0.29) is 0 Å².